The zero-order chi connectivity index (χ0) is 14.8. The third-order valence-electron chi connectivity index (χ3n) is 4.16. The summed E-state index contributed by atoms with van der Waals surface area (Å²) in [5.41, 5.74) is 0. The quantitative estimate of drug-likeness (QED) is 0.579. The molecule has 118 valence electrons. The van der Waals surface area contributed by atoms with Crippen LogP contribution in [0.2, 0.25) is 0 Å². The summed E-state index contributed by atoms with van der Waals surface area (Å²) in [6, 6.07) is 0. The molecule has 20 heavy (non-hydrogen) atoms. The highest BCUT2D eigenvalue weighted by molar-refractivity contribution is 5.81. The van der Waals surface area contributed by atoms with Crippen molar-refractivity contribution in [3.8, 4) is 0 Å². The van der Waals surface area contributed by atoms with E-state index in [2.05, 4.69) is 13.8 Å². The molecule has 0 spiro atoms. The van der Waals surface area contributed by atoms with E-state index in [1.807, 2.05) is 0 Å². The van der Waals surface area contributed by atoms with Gasteiger partial charge in [-0.3, -0.25) is 4.79 Å². The zero-order valence-corrected chi connectivity index (χ0v) is 13.2. The Morgan fingerprint density at radius 3 is 2.40 bits per heavy atom. The molecule has 0 amide bonds. The lowest BCUT2D eigenvalue weighted by molar-refractivity contribution is -0.126. The van der Waals surface area contributed by atoms with E-state index in [1.165, 1.54) is 0 Å². The van der Waals surface area contributed by atoms with Crippen LogP contribution in [0.4, 0.5) is 0 Å². The minimum atomic E-state index is 0.213. The van der Waals surface area contributed by atoms with Gasteiger partial charge in [0.1, 0.15) is 5.78 Å². The Balaban J connectivity index is 2.06. The minimum Gasteiger partial charge on any atom is -0.382 e. The van der Waals surface area contributed by atoms with E-state index in [9.17, 15) is 4.79 Å². The Bertz CT molecular complexity index is 265. The molecular weight excluding hydrogens is 256 g/mol. The Morgan fingerprint density at radius 1 is 1.10 bits per heavy atom. The van der Waals surface area contributed by atoms with Crippen LogP contribution in [-0.4, -0.2) is 45.9 Å². The molecule has 1 saturated carbocycles. The maximum Gasteiger partial charge on any atom is 0.136 e. The standard InChI is InChI=1S/C16H30O4/c1-13(2)14-4-5-16(17)15(12-14)6-7-19-10-11-20-9-8-18-3/h13-15H,4-12H2,1-3H3. The number of ether oxygens (including phenoxy) is 3. The van der Waals surface area contributed by atoms with Gasteiger partial charge in [-0.1, -0.05) is 13.8 Å². The number of ketones is 1. The lowest BCUT2D eigenvalue weighted by atomic mass is 9.74. The molecule has 0 radical (unpaired) electrons. The molecule has 0 aliphatic heterocycles. The normalized spacial score (nSPS) is 23.5. The Labute approximate surface area is 123 Å². The van der Waals surface area contributed by atoms with Crippen LogP contribution in [0.5, 0.6) is 0 Å². The fraction of sp³-hybridized carbons (Fsp3) is 0.938. The fourth-order valence-electron chi connectivity index (χ4n) is 2.72. The van der Waals surface area contributed by atoms with E-state index in [-0.39, 0.29) is 5.92 Å². The number of Topliss-reactive ketones (excluding diaryl/α,β-unsaturated/α-hetero) is 1. The summed E-state index contributed by atoms with van der Waals surface area (Å²) in [5.74, 6) is 2.03. The Morgan fingerprint density at radius 2 is 1.75 bits per heavy atom. The monoisotopic (exact) mass is 286 g/mol. The van der Waals surface area contributed by atoms with Crippen molar-refractivity contribution < 1.29 is 19.0 Å². The first-order chi connectivity index (χ1) is 9.65. The maximum atomic E-state index is 11.9. The SMILES string of the molecule is COCCOCCOCCC1CC(C(C)C)CCC1=O. The smallest absolute Gasteiger partial charge is 0.136 e. The largest absolute Gasteiger partial charge is 0.382 e. The number of hydrogen-bond acceptors (Lipinski definition) is 4. The van der Waals surface area contributed by atoms with Gasteiger partial charge in [0.15, 0.2) is 0 Å². The summed E-state index contributed by atoms with van der Waals surface area (Å²) in [5, 5.41) is 0. The van der Waals surface area contributed by atoms with Gasteiger partial charge in [0.05, 0.1) is 26.4 Å². The molecule has 0 aromatic heterocycles. The predicted octanol–water partition coefficient (Wildman–Crippen LogP) is 2.70. The summed E-state index contributed by atoms with van der Waals surface area (Å²) in [6.45, 7) is 7.59. The van der Waals surface area contributed by atoms with E-state index in [4.69, 9.17) is 14.2 Å². The number of carbonyl (C=O) groups excluding carboxylic acids is 1. The predicted molar refractivity (Wildman–Crippen MR) is 78.8 cm³/mol. The van der Waals surface area contributed by atoms with Gasteiger partial charge < -0.3 is 14.2 Å². The first kappa shape index (κ1) is 17.6. The van der Waals surface area contributed by atoms with Crippen molar-refractivity contribution in [1.82, 2.24) is 0 Å². The van der Waals surface area contributed by atoms with Gasteiger partial charge in [0, 0.05) is 26.1 Å². The molecular formula is C16H30O4. The first-order valence-corrected chi connectivity index (χ1v) is 7.82. The van der Waals surface area contributed by atoms with Crippen LogP contribution >= 0.6 is 0 Å². The summed E-state index contributed by atoms with van der Waals surface area (Å²) in [6.07, 6.45) is 3.74. The van der Waals surface area contributed by atoms with Gasteiger partial charge in [-0.05, 0) is 31.1 Å². The van der Waals surface area contributed by atoms with Crippen LogP contribution in [0.3, 0.4) is 0 Å². The van der Waals surface area contributed by atoms with Crippen molar-refractivity contribution in [2.24, 2.45) is 17.8 Å². The zero-order valence-electron chi connectivity index (χ0n) is 13.2. The molecule has 1 fully saturated rings. The molecule has 0 aromatic rings. The third kappa shape index (κ3) is 6.82. The fourth-order valence-corrected chi connectivity index (χ4v) is 2.72. The van der Waals surface area contributed by atoms with Crippen LogP contribution in [-0.2, 0) is 19.0 Å². The lowest BCUT2D eigenvalue weighted by Crippen LogP contribution is -2.28. The molecule has 0 saturated heterocycles. The molecule has 2 unspecified atom stereocenters. The molecule has 2 atom stereocenters. The van der Waals surface area contributed by atoms with Gasteiger partial charge >= 0.3 is 0 Å². The topological polar surface area (TPSA) is 44.8 Å². The van der Waals surface area contributed by atoms with Crippen LogP contribution in [0.1, 0.15) is 39.5 Å². The Kier molecular flexibility index (Phi) is 9.07. The highest BCUT2D eigenvalue weighted by Crippen LogP contribution is 2.33. The molecule has 0 aromatic carbocycles. The number of rotatable bonds is 10. The molecule has 1 rings (SSSR count). The van der Waals surface area contributed by atoms with Gasteiger partial charge in [-0.2, -0.15) is 0 Å². The van der Waals surface area contributed by atoms with Crippen molar-refractivity contribution in [3.05, 3.63) is 0 Å². The molecule has 0 bridgehead atoms. The van der Waals surface area contributed by atoms with Crippen LogP contribution in [0, 0.1) is 17.8 Å². The summed E-state index contributed by atoms with van der Waals surface area (Å²) < 4.78 is 15.7. The molecule has 4 heteroatoms. The molecule has 4 nitrogen and oxygen atoms in total. The van der Waals surface area contributed by atoms with E-state index >= 15 is 0 Å². The van der Waals surface area contributed by atoms with Gasteiger partial charge in [0.25, 0.3) is 0 Å². The molecule has 0 N–H and O–H groups in total. The lowest BCUT2D eigenvalue weighted by Gasteiger charge is -2.30. The molecule has 1 aliphatic rings. The number of hydrogen-bond donors (Lipinski definition) is 0. The summed E-state index contributed by atoms with van der Waals surface area (Å²) in [4.78, 5) is 11.9. The maximum absolute atomic E-state index is 11.9. The van der Waals surface area contributed by atoms with E-state index in [1.54, 1.807) is 7.11 Å². The van der Waals surface area contributed by atoms with Crippen LogP contribution in [0.15, 0.2) is 0 Å². The van der Waals surface area contributed by atoms with Crippen molar-refractivity contribution in [1.29, 1.82) is 0 Å². The van der Waals surface area contributed by atoms with E-state index < -0.39 is 0 Å². The van der Waals surface area contributed by atoms with E-state index in [0.717, 1.165) is 25.7 Å². The van der Waals surface area contributed by atoms with Crippen LogP contribution < -0.4 is 0 Å². The van der Waals surface area contributed by atoms with Gasteiger partial charge in [-0.15, -0.1) is 0 Å². The van der Waals surface area contributed by atoms with Crippen LogP contribution in [0.25, 0.3) is 0 Å². The summed E-state index contributed by atoms with van der Waals surface area (Å²) in [7, 11) is 1.66. The van der Waals surface area contributed by atoms with E-state index in [0.29, 0.717) is 50.7 Å². The molecule has 0 heterocycles. The Hall–Kier alpha value is -0.450. The average Bonchev–Trinajstić information content (AvgIpc) is 2.43. The first-order valence-electron chi connectivity index (χ1n) is 7.82. The van der Waals surface area contributed by atoms with Gasteiger partial charge in [0.2, 0.25) is 0 Å². The second-order valence-electron chi connectivity index (χ2n) is 5.95. The molecule has 1 aliphatic carbocycles. The summed E-state index contributed by atoms with van der Waals surface area (Å²) >= 11 is 0. The third-order valence-corrected chi connectivity index (χ3v) is 4.16. The van der Waals surface area contributed by atoms with Gasteiger partial charge in [-0.25, -0.2) is 0 Å². The van der Waals surface area contributed by atoms with Crippen molar-refractivity contribution >= 4 is 5.78 Å². The van der Waals surface area contributed by atoms with Crippen molar-refractivity contribution in [3.63, 3.8) is 0 Å². The highest BCUT2D eigenvalue weighted by atomic mass is 16.5. The van der Waals surface area contributed by atoms with Crippen molar-refractivity contribution in [2.75, 3.05) is 40.1 Å². The second kappa shape index (κ2) is 10.3. The highest BCUT2D eigenvalue weighted by Gasteiger charge is 2.29. The minimum absolute atomic E-state index is 0.213. The van der Waals surface area contributed by atoms with Crippen molar-refractivity contribution in [2.45, 2.75) is 39.5 Å². The number of methoxy groups -OCH3 is 1. The number of carbonyl (C=O) groups is 1. The second-order valence-corrected chi connectivity index (χ2v) is 5.95. The average molecular weight is 286 g/mol.